The number of hydrogen-bond acceptors (Lipinski definition) is 3. The zero-order valence-corrected chi connectivity index (χ0v) is 20.5. The molecular formula is C29H30FN4O2+. The fraction of sp³-hybridized carbons (Fsp3) is 0.276. The molecule has 0 saturated carbocycles. The van der Waals surface area contributed by atoms with Crippen LogP contribution in [0.3, 0.4) is 0 Å². The molecule has 36 heavy (non-hydrogen) atoms. The molecular weight excluding hydrogens is 455 g/mol. The maximum Gasteiger partial charge on any atom is 0.251 e. The third-order valence-electron chi connectivity index (χ3n) is 6.35. The fourth-order valence-electron chi connectivity index (χ4n) is 4.61. The highest BCUT2D eigenvalue weighted by Crippen LogP contribution is 2.29. The van der Waals surface area contributed by atoms with Gasteiger partial charge in [-0.3, -0.25) is 9.89 Å². The predicted octanol–water partition coefficient (Wildman–Crippen LogP) is 5.33. The van der Waals surface area contributed by atoms with Gasteiger partial charge in [-0.1, -0.05) is 12.1 Å². The van der Waals surface area contributed by atoms with Crippen molar-refractivity contribution in [3.63, 3.8) is 0 Å². The molecule has 1 unspecified atom stereocenters. The highest BCUT2D eigenvalue weighted by molar-refractivity contribution is 6.01. The maximum absolute atomic E-state index is 14.1. The van der Waals surface area contributed by atoms with Crippen LogP contribution in [0.1, 0.15) is 42.6 Å². The second kappa shape index (κ2) is 10.3. The first-order valence-electron chi connectivity index (χ1n) is 12.3. The van der Waals surface area contributed by atoms with Gasteiger partial charge in [-0.15, -0.1) is 0 Å². The number of H-pyrrole nitrogens is 1. The molecule has 7 heteroatoms. The molecule has 0 saturated heterocycles. The second-order valence-corrected chi connectivity index (χ2v) is 9.47. The monoisotopic (exact) mass is 485 g/mol. The number of benzene rings is 3. The summed E-state index contributed by atoms with van der Waals surface area (Å²) in [7, 11) is 0. The summed E-state index contributed by atoms with van der Waals surface area (Å²) in [5.74, 6) is 0.480. The lowest BCUT2D eigenvalue weighted by atomic mass is 10.0. The van der Waals surface area contributed by atoms with E-state index >= 15 is 0 Å². The summed E-state index contributed by atoms with van der Waals surface area (Å²) >= 11 is 0. The predicted molar refractivity (Wildman–Crippen MR) is 139 cm³/mol. The van der Waals surface area contributed by atoms with Crippen LogP contribution < -0.4 is 10.1 Å². The maximum atomic E-state index is 14.1. The van der Waals surface area contributed by atoms with Crippen LogP contribution in [-0.2, 0) is 6.54 Å². The van der Waals surface area contributed by atoms with Gasteiger partial charge in [-0.25, -0.2) is 8.97 Å². The summed E-state index contributed by atoms with van der Waals surface area (Å²) in [6.07, 6.45) is 3.89. The standard InChI is InChI=1S/C29H29FN4O2/c1-19(2)36-24-12-9-20(10-13-24)28-25-16-21(11-14-27(25)32-33-28)29(35)31-23-7-5-15-34(18-23)17-22-6-3-4-8-26(22)30/h3-4,6,8-16,19,23H,5,7,17-18H2,1-2H3,(H-,31,32,33,35)/p+1. The van der Waals surface area contributed by atoms with E-state index in [4.69, 9.17) is 4.74 Å². The van der Waals surface area contributed by atoms with E-state index < -0.39 is 0 Å². The van der Waals surface area contributed by atoms with Gasteiger partial charge in [-0.2, -0.15) is 5.10 Å². The van der Waals surface area contributed by atoms with Crippen LogP contribution in [0.5, 0.6) is 5.75 Å². The van der Waals surface area contributed by atoms with Crippen LogP contribution in [0.15, 0.2) is 66.7 Å². The van der Waals surface area contributed by atoms with Crippen molar-refractivity contribution in [3.05, 3.63) is 83.7 Å². The normalized spacial score (nSPS) is 15.7. The molecule has 1 amide bonds. The number of amides is 1. The van der Waals surface area contributed by atoms with Crippen LogP contribution in [0, 0.1) is 5.82 Å². The molecule has 2 N–H and O–H groups in total. The first kappa shape index (κ1) is 23.7. The smallest absolute Gasteiger partial charge is 0.251 e. The molecule has 184 valence electrons. The summed E-state index contributed by atoms with van der Waals surface area (Å²) < 4.78 is 21.9. The molecule has 0 bridgehead atoms. The van der Waals surface area contributed by atoms with E-state index in [1.165, 1.54) is 6.07 Å². The van der Waals surface area contributed by atoms with E-state index in [1.54, 1.807) is 12.1 Å². The average molecular weight is 486 g/mol. The third-order valence-corrected chi connectivity index (χ3v) is 6.35. The van der Waals surface area contributed by atoms with Gasteiger partial charge in [0.2, 0.25) is 0 Å². The van der Waals surface area contributed by atoms with E-state index in [-0.39, 0.29) is 23.9 Å². The number of fused-ring (bicyclic) bond motifs is 1. The van der Waals surface area contributed by atoms with Crippen molar-refractivity contribution in [2.24, 2.45) is 0 Å². The summed E-state index contributed by atoms with van der Waals surface area (Å²) in [5, 5.41) is 11.6. The minimum Gasteiger partial charge on any atom is -0.491 e. The van der Waals surface area contributed by atoms with Gasteiger partial charge in [0.25, 0.3) is 5.91 Å². The molecule has 6 nitrogen and oxygen atoms in total. The van der Waals surface area contributed by atoms with Gasteiger partial charge in [0.05, 0.1) is 28.9 Å². The Morgan fingerprint density at radius 3 is 2.75 bits per heavy atom. The minimum atomic E-state index is -0.205. The Morgan fingerprint density at radius 2 is 1.97 bits per heavy atom. The first-order chi connectivity index (χ1) is 17.5. The van der Waals surface area contributed by atoms with Gasteiger partial charge < -0.3 is 10.1 Å². The number of carbonyl (C=O) groups is 1. The van der Waals surface area contributed by atoms with Crippen molar-refractivity contribution in [1.29, 1.82) is 0 Å². The number of carbonyl (C=O) groups excluding carboxylic acids is 1. The van der Waals surface area contributed by atoms with Crippen molar-refractivity contribution in [2.75, 3.05) is 6.54 Å². The lowest BCUT2D eigenvalue weighted by Crippen LogP contribution is -2.43. The topological polar surface area (TPSA) is 70.0 Å². The Kier molecular flexibility index (Phi) is 6.80. The fourth-order valence-corrected chi connectivity index (χ4v) is 4.61. The van der Waals surface area contributed by atoms with Crippen molar-refractivity contribution < 1.29 is 18.5 Å². The van der Waals surface area contributed by atoms with Gasteiger partial charge >= 0.3 is 0 Å². The van der Waals surface area contributed by atoms with Crippen LogP contribution in [0.4, 0.5) is 4.39 Å². The second-order valence-electron chi connectivity index (χ2n) is 9.47. The number of hydrogen-bond donors (Lipinski definition) is 2. The molecule has 3 aromatic carbocycles. The molecule has 4 aromatic rings. The average Bonchev–Trinajstić information content (AvgIpc) is 3.29. The number of aromatic amines is 1. The van der Waals surface area contributed by atoms with Crippen molar-refractivity contribution in [1.82, 2.24) is 15.5 Å². The molecule has 0 fully saturated rings. The van der Waals surface area contributed by atoms with Crippen molar-refractivity contribution in [3.8, 4) is 17.0 Å². The van der Waals surface area contributed by atoms with E-state index in [1.807, 2.05) is 62.4 Å². The number of rotatable bonds is 7. The van der Waals surface area contributed by atoms with Crippen LogP contribution >= 0.6 is 0 Å². The Balaban J connectivity index is 1.29. The Hall–Kier alpha value is -4.00. The Bertz CT molecular complexity index is 1410. The lowest BCUT2D eigenvalue weighted by Gasteiger charge is -2.20. The third kappa shape index (κ3) is 5.30. The highest BCUT2D eigenvalue weighted by Gasteiger charge is 2.24. The van der Waals surface area contributed by atoms with E-state index in [0.29, 0.717) is 24.2 Å². The highest BCUT2D eigenvalue weighted by atomic mass is 19.1. The van der Waals surface area contributed by atoms with Gasteiger partial charge in [-0.05, 0) is 74.9 Å². The molecule has 1 aliphatic heterocycles. The quantitative estimate of drug-likeness (QED) is 0.348. The van der Waals surface area contributed by atoms with Gasteiger partial charge in [0.15, 0.2) is 13.1 Å². The summed E-state index contributed by atoms with van der Waals surface area (Å²) in [5.41, 5.74) is 3.84. The van der Waals surface area contributed by atoms with E-state index in [2.05, 4.69) is 26.3 Å². The van der Waals surface area contributed by atoms with Crippen molar-refractivity contribution in [2.45, 2.75) is 45.4 Å². The van der Waals surface area contributed by atoms with Crippen molar-refractivity contribution >= 4 is 23.0 Å². The number of aromatic nitrogens is 2. The number of ether oxygens (including phenoxy) is 1. The zero-order valence-electron chi connectivity index (χ0n) is 20.5. The minimum absolute atomic E-state index is 0.0118. The molecule has 1 atom stereocenters. The first-order valence-corrected chi connectivity index (χ1v) is 12.3. The SMILES string of the molecule is CC(C)Oc1ccc(-c2n[nH]c3ccc(C(=O)NC4CCC=[N+](Cc5ccccc5F)C4)cc23)cc1. The molecule has 0 spiro atoms. The van der Waals surface area contributed by atoms with Crippen LogP contribution in [-0.4, -0.2) is 45.6 Å². The molecule has 2 heterocycles. The van der Waals surface area contributed by atoms with Gasteiger partial charge in [0, 0.05) is 22.9 Å². The molecule has 1 aromatic heterocycles. The zero-order chi connectivity index (χ0) is 25.1. The molecule has 0 radical (unpaired) electrons. The summed E-state index contributed by atoms with van der Waals surface area (Å²) in [4.78, 5) is 13.1. The molecule has 5 rings (SSSR count). The van der Waals surface area contributed by atoms with Crippen LogP contribution in [0.2, 0.25) is 0 Å². The summed E-state index contributed by atoms with van der Waals surface area (Å²) in [6.45, 7) is 5.12. The molecule has 0 aliphatic carbocycles. The largest absolute Gasteiger partial charge is 0.491 e. The lowest BCUT2D eigenvalue weighted by molar-refractivity contribution is -0.547. The number of halogens is 1. The Labute approximate surface area is 209 Å². The molecule has 1 aliphatic rings. The van der Waals surface area contributed by atoms with Gasteiger partial charge in [0.1, 0.15) is 17.8 Å². The number of nitrogens with one attached hydrogen (secondary N) is 2. The summed E-state index contributed by atoms with van der Waals surface area (Å²) in [6, 6.07) is 20.2. The van der Waals surface area contributed by atoms with E-state index in [0.717, 1.165) is 40.8 Å². The van der Waals surface area contributed by atoms with Crippen LogP contribution in [0.25, 0.3) is 22.2 Å². The Morgan fingerprint density at radius 1 is 1.17 bits per heavy atom. The van der Waals surface area contributed by atoms with E-state index in [9.17, 15) is 9.18 Å². The number of nitrogens with zero attached hydrogens (tertiary/aromatic N) is 2.